The van der Waals surface area contributed by atoms with Crippen molar-refractivity contribution in [3.63, 3.8) is 0 Å². The van der Waals surface area contributed by atoms with Crippen LogP contribution in [0.2, 0.25) is 0 Å². The minimum Gasteiger partial charge on any atom is -0.497 e. The highest BCUT2D eigenvalue weighted by molar-refractivity contribution is 7.00. The third-order valence-electron chi connectivity index (χ3n) is 8.05. The van der Waals surface area contributed by atoms with E-state index < -0.39 is 18.3 Å². The highest BCUT2D eigenvalue weighted by atomic mass is 32.1. The molecule has 0 radical (unpaired) electrons. The Bertz CT molecular complexity index is 1610. The summed E-state index contributed by atoms with van der Waals surface area (Å²) in [7, 11) is 2.85. The summed E-state index contributed by atoms with van der Waals surface area (Å²) in [6.45, 7) is 8.22. The molecule has 7 nitrogen and oxygen atoms in total. The Balaban J connectivity index is 1.36. The molecule has 4 aromatic carbocycles. The minimum atomic E-state index is -0.495. The van der Waals surface area contributed by atoms with E-state index in [9.17, 15) is 0 Å². The molecule has 0 unspecified atom stereocenters. The van der Waals surface area contributed by atoms with E-state index in [-0.39, 0.29) is 0 Å². The number of methoxy groups -OCH3 is 2. The topological polar surface area (TPSA) is 65.9 Å². The van der Waals surface area contributed by atoms with Crippen LogP contribution in [0.4, 0.5) is 17.1 Å². The van der Waals surface area contributed by atoms with E-state index in [0.29, 0.717) is 0 Å². The average Bonchev–Trinajstić information content (AvgIpc) is 3.55. The Hall–Kier alpha value is -3.92. The van der Waals surface area contributed by atoms with E-state index >= 15 is 0 Å². The van der Waals surface area contributed by atoms with Gasteiger partial charge in [0.25, 0.3) is 0 Å². The number of aromatic nitrogens is 2. The van der Waals surface area contributed by atoms with Crippen molar-refractivity contribution in [2.24, 2.45) is 0 Å². The van der Waals surface area contributed by atoms with Gasteiger partial charge in [-0.3, -0.25) is 0 Å². The predicted molar refractivity (Wildman–Crippen MR) is 166 cm³/mol. The second-order valence-electron chi connectivity index (χ2n) is 11.0. The molecule has 0 saturated carbocycles. The van der Waals surface area contributed by atoms with Gasteiger partial charge in [0.05, 0.1) is 37.1 Å². The van der Waals surface area contributed by atoms with Gasteiger partial charge in [-0.15, -0.1) is 0 Å². The normalized spacial score (nSPS) is 15.7. The lowest BCUT2D eigenvalue weighted by Crippen LogP contribution is -2.41. The van der Waals surface area contributed by atoms with Gasteiger partial charge in [-0.2, -0.15) is 8.75 Å². The van der Waals surface area contributed by atoms with Crippen molar-refractivity contribution in [1.82, 2.24) is 8.75 Å². The highest BCUT2D eigenvalue weighted by Gasteiger charge is 2.52. The van der Waals surface area contributed by atoms with E-state index in [2.05, 4.69) is 102 Å². The fraction of sp³-hybridized carbons (Fsp3) is 0.250. The van der Waals surface area contributed by atoms with E-state index in [1.165, 1.54) is 11.7 Å². The first-order valence-electron chi connectivity index (χ1n) is 13.5. The third-order valence-corrected chi connectivity index (χ3v) is 8.58. The van der Waals surface area contributed by atoms with Crippen molar-refractivity contribution in [1.29, 1.82) is 0 Å². The summed E-state index contributed by atoms with van der Waals surface area (Å²) in [6.07, 6.45) is 0. The summed E-state index contributed by atoms with van der Waals surface area (Å²) >= 11 is 1.20. The number of rotatable bonds is 7. The molecule has 1 aliphatic rings. The summed E-state index contributed by atoms with van der Waals surface area (Å²) in [4.78, 5) is 2.20. The molecular weight excluding hydrogens is 533 g/mol. The van der Waals surface area contributed by atoms with Crippen molar-refractivity contribution >= 4 is 52.4 Å². The van der Waals surface area contributed by atoms with Crippen LogP contribution in [0.25, 0.3) is 22.2 Å². The van der Waals surface area contributed by atoms with Crippen LogP contribution in [0.1, 0.15) is 27.7 Å². The van der Waals surface area contributed by atoms with Gasteiger partial charge >= 0.3 is 7.12 Å². The number of fused-ring (bicyclic) bond motifs is 1. The molecule has 0 atom stereocenters. The molecule has 41 heavy (non-hydrogen) atoms. The maximum Gasteiger partial charge on any atom is 0.497 e. The summed E-state index contributed by atoms with van der Waals surface area (Å²) in [5.41, 5.74) is 6.82. The Kier molecular flexibility index (Phi) is 6.97. The molecule has 1 aliphatic heterocycles. The molecule has 2 heterocycles. The van der Waals surface area contributed by atoms with Crippen LogP contribution in [-0.2, 0) is 9.31 Å². The predicted octanol–water partition coefficient (Wildman–Crippen LogP) is 7.14. The van der Waals surface area contributed by atoms with Gasteiger partial charge < -0.3 is 23.7 Å². The van der Waals surface area contributed by atoms with Crippen LogP contribution in [-0.4, -0.2) is 41.3 Å². The Morgan fingerprint density at radius 1 is 0.634 bits per heavy atom. The molecule has 5 aromatic rings. The zero-order valence-electron chi connectivity index (χ0n) is 24.0. The zero-order chi connectivity index (χ0) is 28.8. The standard InChI is InChI=1S/C32H32BN3O4S/c1-31(2)32(3,4)40-33(39-31)28-20-19-27(29-30(28)35-41-34-29)21-7-9-22(10-8-21)36(23-11-15-25(37-5)16-12-23)24-13-17-26(38-6)18-14-24/h7-20H,1-6H3. The molecule has 208 valence electrons. The van der Waals surface area contributed by atoms with Gasteiger partial charge in [0.1, 0.15) is 22.5 Å². The number of ether oxygens (including phenoxy) is 2. The van der Waals surface area contributed by atoms with Crippen molar-refractivity contribution < 1.29 is 18.8 Å². The van der Waals surface area contributed by atoms with Gasteiger partial charge in [-0.05, 0) is 93.9 Å². The highest BCUT2D eigenvalue weighted by Crippen LogP contribution is 2.39. The van der Waals surface area contributed by atoms with Crippen LogP contribution in [0.3, 0.4) is 0 Å². The number of hydrogen-bond acceptors (Lipinski definition) is 8. The summed E-state index contributed by atoms with van der Waals surface area (Å²) in [6, 6.07) is 28.7. The van der Waals surface area contributed by atoms with Gasteiger partial charge in [0, 0.05) is 28.1 Å². The quantitative estimate of drug-likeness (QED) is 0.194. The lowest BCUT2D eigenvalue weighted by atomic mass is 9.77. The fourth-order valence-electron chi connectivity index (χ4n) is 4.98. The lowest BCUT2D eigenvalue weighted by Gasteiger charge is -2.32. The van der Waals surface area contributed by atoms with Gasteiger partial charge in [0.2, 0.25) is 0 Å². The summed E-state index contributed by atoms with van der Waals surface area (Å²) in [5, 5.41) is 0. The molecule has 6 rings (SSSR count). The number of nitrogens with zero attached hydrogens (tertiary/aromatic N) is 3. The first-order chi connectivity index (χ1) is 19.7. The molecule has 0 spiro atoms. The van der Waals surface area contributed by atoms with Crippen LogP contribution in [0.5, 0.6) is 11.5 Å². The Morgan fingerprint density at radius 2 is 1.10 bits per heavy atom. The second kappa shape index (κ2) is 10.5. The number of hydrogen-bond donors (Lipinski definition) is 0. The monoisotopic (exact) mass is 565 g/mol. The molecule has 0 N–H and O–H groups in total. The van der Waals surface area contributed by atoms with Crippen LogP contribution < -0.4 is 19.8 Å². The van der Waals surface area contributed by atoms with Crippen molar-refractivity contribution in [2.75, 3.05) is 19.1 Å². The van der Waals surface area contributed by atoms with Gasteiger partial charge in [-0.1, -0.05) is 24.3 Å². The van der Waals surface area contributed by atoms with Gasteiger partial charge in [0.15, 0.2) is 0 Å². The van der Waals surface area contributed by atoms with E-state index in [1.807, 2.05) is 24.3 Å². The maximum absolute atomic E-state index is 6.32. The first kappa shape index (κ1) is 27.3. The summed E-state index contributed by atoms with van der Waals surface area (Å²) in [5.74, 6) is 1.62. The van der Waals surface area contributed by atoms with Gasteiger partial charge in [-0.25, -0.2) is 0 Å². The van der Waals surface area contributed by atoms with Crippen molar-refractivity contribution in [2.45, 2.75) is 38.9 Å². The summed E-state index contributed by atoms with van der Waals surface area (Å²) < 4.78 is 32.7. The maximum atomic E-state index is 6.32. The Morgan fingerprint density at radius 3 is 1.59 bits per heavy atom. The van der Waals surface area contributed by atoms with Crippen LogP contribution in [0, 0.1) is 0 Å². The molecule has 0 bridgehead atoms. The van der Waals surface area contributed by atoms with E-state index in [0.717, 1.165) is 56.2 Å². The van der Waals surface area contributed by atoms with Crippen LogP contribution >= 0.6 is 11.7 Å². The molecule has 9 heteroatoms. The molecular formula is C32H32BN3O4S. The molecule has 1 fully saturated rings. The first-order valence-corrected chi connectivity index (χ1v) is 14.2. The smallest absolute Gasteiger partial charge is 0.497 e. The molecule has 0 amide bonds. The Labute approximate surface area is 245 Å². The number of benzene rings is 4. The van der Waals surface area contributed by atoms with E-state index in [4.69, 9.17) is 18.8 Å². The van der Waals surface area contributed by atoms with Crippen LogP contribution in [0.15, 0.2) is 84.9 Å². The van der Waals surface area contributed by atoms with E-state index in [1.54, 1.807) is 14.2 Å². The third kappa shape index (κ3) is 4.94. The van der Waals surface area contributed by atoms with Crippen molar-refractivity contribution in [3.8, 4) is 22.6 Å². The molecule has 1 saturated heterocycles. The fourth-order valence-corrected chi connectivity index (χ4v) is 5.56. The molecule has 0 aliphatic carbocycles. The SMILES string of the molecule is COc1ccc(N(c2ccc(OC)cc2)c2ccc(-c3ccc(B4OC(C)(C)C(C)(C)O4)c4nsnc34)cc2)cc1. The average molecular weight is 566 g/mol. The molecule has 1 aromatic heterocycles. The van der Waals surface area contributed by atoms with Crippen molar-refractivity contribution in [3.05, 3.63) is 84.9 Å². The lowest BCUT2D eigenvalue weighted by molar-refractivity contribution is 0.00578. The zero-order valence-corrected chi connectivity index (χ0v) is 24.9. The largest absolute Gasteiger partial charge is 0.497 e. The minimum absolute atomic E-state index is 0.429. The second-order valence-corrected chi connectivity index (χ2v) is 11.6. The number of anilines is 3.